The maximum absolute atomic E-state index is 13.3. The van der Waals surface area contributed by atoms with Crippen molar-refractivity contribution in [1.29, 1.82) is 0 Å². The highest BCUT2D eigenvalue weighted by Gasteiger charge is 2.33. The van der Waals surface area contributed by atoms with Gasteiger partial charge in [0, 0.05) is 18.3 Å². The number of carbonyl (C=O) groups excluding carboxylic acids is 1. The summed E-state index contributed by atoms with van der Waals surface area (Å²) in [5.41, 5.74) is 4.86. The number of benzene rings is 2. The van der Waals surface area contributed by atoms with Crippen LogP contribution in [0.5, 0.6) is 0 Å². The van der Waals surface area contributed by atoms with Gasteiger partial charge in [-0.1, -0.05) is 67.3 Å². The van der Waals surface area contributed by atoms with Crippen molar-refractivity contribution in [2.75, 3.05) is 11.4 Å². The highest BCUT2D eigenvalue weighted by atomic mass is 16.2. The molecule has 2 aromatic carbocycles. The van der Waals surface area contributed by atoms with Gasteiger partial charge in [0.25, 0.3) is 0 Å². The fourth-order valence-electron chi connectivity index (χ4n) is 4.38. The van der Waals surface area contributed by atoms with Crippen molar-refractivity contribution in [3.05, 3.63) is 65.2 Å². The molecule has 1 fully saturated rings. The van der Waals surface area contributed by atoms with Crippen LogP contribution in [0.15, 0.2) is 48.5 Å². The average Bonchev–Trinajstić information content (AvgIpc) is 3.08. The maximum Gasteiger partial charge on any atom is 0.247 e. The molecule has 2 aliphatic rings. The molecule has 1 amide bonds. The number of rotatable bonds is 4. The lowest BCUT2D eigenvalue weighted by Crippen LogP contribution is -2.44. The number of hydrogen-bond acceptors (Lipinski definition) is 2. The Kier molecular flexibility index (Phi) is 4.96. The van der Waals surface area contributed by atoms with Gasteiger partial charge in [-0.3, -0.25) is 4.79 Å². The molecule has 0 aromatic heterocycles. The largest absolute Gasteiger partial charge is 0.355 e. The lowest BCUT2D eigenvalue weighted by Gasteiger charge is -2.32. The summed E-state index contributed by atoms with van der Waals surface area (Å²) in [6, 6.07) is 17.0. The molecule has 2 aromatic rings. The number of anilines is 1. The van der Waals surface area contributed by atoms with Crippen molar-refractivity contribution in [3.8, 4) is 0 Å². The summed E-state index contributed by atoms with van der Waals surface area (Å²) in [5, 5.41) is 3.36. The number of fused-ring (bicyclic) bond motifs is 1. The van der Waals surface area contributed by atoms with Crippen molar-refractivity contribution >= 4 is 11.6 Å². The molecule has 3 nitrogen and oxygen atoms in total. The van der Waals surface area contributed by atoms with Crippen LogP contribution in [0.3, 0.4) is 0 Å². The molecule has 3 heteroatoms. The quantitative estimate of drug-likeness (QED) is 0.879. The molecule has 1 atom stereocenters. The lowest BCUT2D eigenvalue weighted by molar-refractivity contribution is -0.123. The van der Waals surface area contributed by atoms with Crippen molar-refractivity contribution in [1.82, 2.24) is 5.32 Å². The van der Waals surface area contributed by atoms with E-state index in [1.165, 1.54) is 36.1 Å². The molecule has 136 valence electrons. The second-order valence-corrected chi connectivity index (χ2v) is 7.73. The van der Waals surface area contributed by atoms with Crippen molar-refractivity contribution in [3.63, 3.8) is 0 Å². The molecule has 0 bridgehead atoms. The number of aryl methyl sites for hydroxylation is 1. The van der Waals surface area contributed by atoms with Gasteiger partial charge in [-0.2, -0.15) is 0 Å². The first-order chi connectivity index (χ1) is 12.7. The van der Waals surface area contributed by atoms with Crippen LogP contribution in [0.2, 0.25) is 0 Å². The summed E-state index contributed by atoms with van der Waals surface area (Å²) in [6.45, 7) is 2.99. The number of nitrogens with one attached hydrogen (secondary N) is 1. The van der Waals surface area contributed by atoms with Crippen LogP contribution in [0, 0.1) is 6.92 Å². The van der Waals surface area contributed by atoms with E-state index in [0.717, 1.165) is 31.4 Å². The Hall–Kier alpha value is -2.29. The first-order valence-corrected chi connectivity index (χ1v) is 9.94. The predicted molar refractivity (Wildman–Crippen MR) is 106 cm³/mol. The molecule has 1 aliphatic heterocycles. The van der Waals surface area contributed by atoms with Crippen LogP contribution >= 0.6 is 0 Å². The number of amides is 1. The van der Waals surface area contributed by atoms with E-state index < -0.39 is 0 Å². The zero-order chi connectivity index (χ0) is 17.9. The summed E-state index contributed by atoms with van der Waals surface area (Å²) in [4.78, 5) is 15.6. The smallest absolute Gasteiger partial charge is 0.247 e. The van der Waals surface area contributed by atoms with Crippen LogP contribution in [-0.4, -0.2) is 18.5 Å². The summed E-state index contributed by atoms with van der Waals surface area (Å²) >= 11 is 0. The normalized spacial score (nSPS) is 18.4. The monoisotopic (exact) mass is 348 g/mol. The minimum absolute atomic E-state index is 0.150. The van der Waals surface area contributed by atoms with Gasteiger partial charge in [-0.15, -0.1) is 0 Å². The Morgan fingerprint density at radius 2 is 1.77 bits per heavy atom. The number of carbonyl (C=O) groups is 1. The number of hydrogen-bond donors (Lipinski definition) is 1. The SMILES string of the molecule is Cc1ccc([C@@H](C(=O)NC2CCCCC2)N2CCc3ccccc32)cc1. The van der Waals surface area contributed by atoms with Gasteiger partial charge in [-0.05, 0) is 43.4 Å². The Bertz CT molecular complexity index is 762. The van der Waals surface area contributed by atoms with Gasteiger partial charge < -0.3 is 10.2 Å². The van der Waals surface area contributed by atoms with Gasteiger partial charge >= 0.3 is 0 Å². The minimum Gasteiger partial charge on any atom is -0.355 e. The van der Waals surface area contributed by atoms with Crippen LogP contribution < -0.4 is 10.2 Å². The minimum atomic E-state index is -0.249. The van der Waals surface area contributed by atoms with Crippen LogP contribution in [0.25, 0.3) is 0 Å². The molecule has 1 N–H and O–H groups in total. The van der Waals surface area contributed by atoms with E-state index in [4.69, 9.17) is 0 Å². The predicted octanol–water partition coefficient (Wildman–Crippen LogP) is 4.55. The molecule has 0 spiro atoms. The maximum atomic E-state index is 13.3. The summed E-state index contributed by atoms with van der Waals surface area (Å²) in [5.74, 6) is 0.150. The Morgan fingerprint density at radius 1 is 1.04 bits per heavy atom. The van der Waals surface area contributed by atoms with Crippen molar-refractivity contribution in [2.24, 2.45) is 0 Å². The van der Waals surface area contributed by atoms with E-state index in [2.05, 4.69) is 65.7 Å². The van der Waals surface area contributed by atoms with Crippen LogP contribution in [0.1, 0.15) is 54.8 Å². The highest BCUT2D eigenvalue weighted by Crippen LogP contribution is 2.35. The highest BCUT2D eigenvalue weighted by molar-refractivity contribution is 5.87. The Morgan fingerprint density at radius 3 is 2.54 bits per heavy atom. The molecular weight excluding hydrogens is 320 g/mol. The molecule has 1 saturated carbocycles. The first-order valence-electron chi connectivity index (χ1n) is 9.94. The first kappa shape index (κ1) is 17.1. The lowest BCUT2D eigenvalue weighted by atomic mass is 9.94. The van der Waals surface area contributed by atoms with E-state index in [9.17, 15) is 4.79 Å². The third-order valence-corrected chi connectivity index (χ3v) is 5.83. The summed E-state index contributed by atoms with van der Waals surface area (Å²) in [7, 11) is 0. The second-order valence-electron chi connectivity index (χ2n) is 7.73. The van der Waals surface area contributed by atoms with Gasteiger partial charge in [0.1, 0.15) is 6.04 Å². The van der Waals surface area contributed by atoms with E-state index in [-0.39, 0.29) is 11.9 Å². The van der Waals surface area contributed by atoms with Gasteiger partial charge in [0.15, 0.2) is 0 Å². The fourth-order valence-corrected chi connectivity index (χ4v) is 4.38. The molecule has 0 unspecified atom stereocenters. The Labute approximate surface area is 156 Å². The Balaban J connectivity index is 1.63. The van der Waals surface area contributed by atoms with E-state index in [0.29, 0.717) is 6.04 Å². The standard InChI is InChI=1S/C23H28N2O/c1-17-11-13-19(14-12-17)22(23(26)24-20-8-3-2-4-9-20)25-16-15-18-7-5-6-10-21(18)25/h5-7,10-14,20,22H,2-4,8-9,15-16H2,1H3,(H,24,26)/t22-/m0/s1. The molecule has 4 rings (SSSR count). The molecular formula is C23H28N2O. The zero-order valence-corrected chi connectivity index (χ0v) is 15.6. The van der Waals surface area contributed by atoms with E-state index in [1.54, 1.807) is 0 Å². The summed E-state index contributed by atoms with van der Waals surface area (Å²) in [6.07, 6.45) is 6.99. The molecule has 0 radical (unpaired) electrons. The molecule has 0 saturated heterocycles. The molecule has 1 aliphatic carbocycles. The van der Waals surface area contributed by atoms with Crippen molar-refractivity contribution < 1.29 is 4.79 Å². The second kappa shape index (κ2) is 7.53. The fraction of sp³-hybridized carbons (Fsp3) is 0.435. The number of para-hydroxylation sites is 1. The average molecular weight is 348 g/mol. The van der Waals surface area contributed by atoms with Gasteiger partial charge in [0.2, 0.25) is 5.91 Å². The topological polar surface area (TPSA) is 32.3 Å². The van der Waals surface area contributed by atoms with Crippen LogP contribution in [-0.2, 0) is 11.2 Å². The van der Waals surface area contributed by atoms with Crippen LogP contribution in [0.4, 0.5) is 5.69 Å². The van der Waals surface area contributed by atoms with Crippen molar-refractivity contribution in [2.45, 2.75) is 57.5 Å². The van der Waals surface area contributed by atoms with Gasteiger partial charge in [0.05, 0.1) is 0 Å². The third-order valence-electron chi connectivity index (χ3n) is 5.83. The molecule has 26 heavy (non-hydrogen) atoms. The zero-order valence-electron chi connectivity index (χ0n) is 15.6. The third kappa shape index (κ3) is 3.48. The van der Waals surface area contributed by atoms with Gasteiger partial charge in [-0.25, -0.2) is 0 Å². The number of nitrogens with zero attached hydrogens (tertiary/aromatic N) is 1. The van der Waals surface area contributed by atoms with E-state index in [1.807, 2.05) is 0 Å². The van der Waals surface area contributed by atoms with E-state index >= 15 is 0 Å². The molecule has 1 heterocycles. The summed E-state index contributed by atoms with van der Waals surface area (Å²) < 4.78 is 0.